The van der Waals surface area contributed by atoms with Gasteiger partial charge in [0.25, 0.3) is 0 Å². The maximum absolute atomic E-state index is 9.29. The lowest BCUT2D eigenvalue weighted by Crippen LogP contribution is -2.52. The lowest BCUT2D eigenvalue weighted by molar-refractivity contribution is -0.0907. The van der Waals surface area contributed by atoms with E-state index in [1.165, 1.54) is 5.56 Å². The lowest BCUT2D eigenvalue weighted by atomic mass is 10.0. The number of methoxy groups -OCH3 is 1. The van der Waals surface area contributed by atoms with Crippen molar-refractivity contribution in [2.75, 3.05) is 33.4 Å². The topological polar surface area (TPSA) is 68.0 Å². The van der Waals surface area contributed by atoms with E-state index in [4.69, 9.17) is 15.2 Å². The van der Waals surface area contributed by atoms with Crippen LogP contribution in [0.1, 0.15) is 18.5 Å². The summed E-state index contributed by atoms with van der Waals surface area (Å²) in [6, 6.07) is 8.42. The van der Waals surface area contributed by atoms with Crippen LogP contribution in [0.15, 0.2) is 24.3 Å². The molecule has 1 aliphatic rings. The molecule has 5 nitrogen and oxygen atoms in total. The van der Waals surface area contributed by atoms with Gasteiger partial charge < -0.3 is 20.3 Å². The third kappa shape index (κ3) is 3.30. The molecule has 1 heterocycles. The summed E-state index contributed by atoms with van der Waals surface area (Å²) in [6.45, 7) is 4.03. The molecule has 0 spiro atoms. The molecule has 112 valence electrons. The van der Waals surface area contributed by atoms with Gasteiger partial charge in [0.2, 0.25) is 0 Å². The highest BCUT2D eigenvalue weighted by molar-refractivity contribution is 5.29. The van der Waals surface area contributed by atoms with E-state index in [0.717, 1.165) is 5.75 Å². The van der Waals surface area contributed by atoms with Crippen LogP contribution in [0.3, 0.4) is 0 Å². The second-order valence-electron chi connectivity index (χ2n) is 5.21. The van der Waals surface area contributed by atoms with E-state index in [1.54, 1.807) is 7.11 Å². The average Bonchev–Trinajstić information content (AvgIpc) is 2.50. The average molecular weight is 280 g/mol. The van der Waals surface area contributed by atoms with Gasteiger partial charge in [-0.2, -0.15) is 0 Å². The van der Waals surface area contributed by atoms with Gasteiger partial charge in [-0.05, 0) is 24.6 Å². The summed E-state index contributed by atoms with van der Waals surface area (Å²) in [6.07, 6.45) is -0.126. The monoisotopic (exact) mass is 280 g/mol. The van der Waals surface area contributed by atoms with Crippen LogP contribution in [0.2, 0.25) is 0 Å². The highest BCUT2D eigenvalue weighted by atomic mass is 16.5. The van der Waals surface area contributed by atoms with E-state index in [9.17, 15) is 5.11 Å². The summed E-state index contributed by atoms with van der Waals surface area (Å²) in [4.78, 5) is 2.31. The Morgan fingerprint density at radius 1 is 1.45 bits per heavy atom. The number of ether oxygens (including phenoxy) is 2. The first-order valence-electron chi connectivity index (χ1n) is 7.01. The number of rotatable bonds is 5. The molecule has 1 saturated heterocycles. The second kappa shape index (κ2) is 7.04. The largest absolute Gasteiger partial charge is 0.497 e. The number of hydrogen-bond donors (Lipinski definition) is 2. The Balaban J connectivity index is 2.16. The van der Waals surface area contributed by atoms with E-state index in [1.807, 2.05) is 24.3 Å². The molecule has 0 bridgehead atoms. The van der Waals surface area contributed by atoms with Gasteiger partial charge in [0.15, 0.2) is 0 Å². The van der Waals surface area contributed by atoms with Gasteiger partial charge in [0, 0.05) is 25.2 Å². The van der Waals surface area contributed by atoms with Gasteiger partial charge in [0.05, 0.1) is 26.4 Å². The molecule has 1 aromatic carbocycles. The van der Waals surface area contributed by atoms with Crippen molar-refractivity contribution >= 4 is 0 Å². The molecule has 1 aromatic rings. The van der Waals surface area contributed by atoms with E-state index in [-0.39, 0.29) is 24.8 Å². The molecule has 0 aliphatic carbocycles. The Morgan fingerprint density at radius 3 is 2.70 bits per heavy atom. The first kappa shape index (κ1) is 15.3. The molecule has 0 radical (unpaired) electrons. The molecular formula is C15H24N2O3. The molecule has 1 aliphatic heterocycles. The van der Waals surface area contributed by atoms with Gasteiger partial charge in [0.1, 0.15) is 5.75 Å². The van der Waals surface area contributed by atoms with Gasteiger partial charge in [-0.25, -0.2) is 0 Å². The Labute approximate surface area is 120 Å². The predicted octanol–water partition coefficient (Wildman–Crippen LogP) is 0.777. The molecular weight excluding hydrogens is 256 g/mol. The van der Waals surface area contributed by atoms with E-state index < -0.39 is 0 Å². The van der Waals surface area contributed by atoms with Gasteiger partial charge in [-0.15, -0.1) is 0 Å². The number of morpholine rings is 1. The van der Waals surface area contributed by atoms with E-state index in [0.29, 0.717) is 19.7 Å². The van der Waals surface area contributed by atoms with Crippen LogP contribution in [0, 0.1) is 0 Å². The van der Waals surface area contributed by atoms with Crippen molar-refractivity contribution < 1.29 is 14.6 Å². The zero-order chi connectivity index (χ0) is 14.5. The molecule has 0 aromatic heterocycles. The summed E-state index contributed by atoms with van der Waals surface area (Å²) in [5.74, 6) is 0.841. The third-order valence-electron chi connectivity index (χ3n) is 3.88. The minimum Gasteiger partial charge on any atom is -0.497 e. The molecule has 1 fully saturated rings. The number of hydrogen-bond acceptors (Lipinski definition) is 5. The summed E-state index contributed by atoms with van der Waals surface area (Å²) in [5, 5.41) is 9.29. The van der Waals surface area contributed by atoms with Crippen LogP contribution >= 0.6 is 0 Å². The predicted molar refractivity (Wildman–Crippen MR) is 77.8 cm³/mol. The number of nitrogens with two attached hydrogens (primary N) is 1. The van der Waals surface area contributed by atoms with Crippen LogP contribution < -0.4 is 10.5 Å². The van der Waals surface area contributed by atoms with Crippen molar-refractivity contribution in [1.29, 1.82) is 0 Å². The van der Waals surface area contributed by atoms with Crippen LogP contribution in [0.25, 0.3) is 0 Å². The standard InChI is InChI=1S/C15H24N2O3/c1-11-10-20-14(9-18)8-17(11)15(7-16)12-3-5-13(19-2)6-4-12/h3-6,11,14-15,18H,7-10,16H2,1-2H3. The molecule has 2 rings (SSSR count). The van der Waals surface area contributed by atoms with Gasteiger partial charge in [-0.3, -0.25) is 4.90 Å². The van der Waals surface area contributed by atoms with Crippen molar-refractivity contribution in [2.45, 2.75) is 25.1 Å². The molecule has 5 heteroatoms. The second-order valence-corrected chi connectivity index (χ2v) is 5.21. The maximum Gasteiger partial charge on any atom is 0.118 e. The van der Waals surface area contributed by atoms with Crippen molar-refractivity contribution in [3.8, 4) is 5.75 Å². The van der Waals surface area contributed by atoms with Crippen molar-refractivity contribution in [1.82, 2.24) is 4.90 Å². The maximum atomic E-state index is 9.29. The normalized spacial score (nSPS) is 25.4. The molecule has 0 saturated carbocycles. The number of nitrogens with zero attached hydrogens (tertiary/aromatic N) is 1. The zero-order valence-electron chi connectivity index (χ0n) is 12.2. The summed E-state index contributed by atoms with van der Waals surface area (Å²) >= 11 is 0. The highest BCUT2D eigenvalue weighted by Gasteiger charge is 2.31. The van der Waals surface area contributed by atoms with Crippen molar-refractivity contribution in [3.63, 3.8) is 0 Å². The quantitative estimate of drug-likeness (QED) is 0.834. The number of aliphatic hydroxyl groups excluding tert-OH is 1. The van der Waals surface area contributed by atoms with E-state index >= 15 is 0 Å². The van der Waals surface area contributed by atoms with Gasteiger partial charge in [-0.1, -0.05) is 12.1 Å². The van der Waals surface area contributed by atoms with Gasteiger partial charge >= 0.3 is 0 Å². The molecule has 20 heavy (non-hydrogen) atoms. The van der Waals surface area contributed by atoms with Crippen LogP contribution in [0.4, 0.5) is 0 Å². The SMILES string of the molecule is COc1ccc(C(CN)N2CC(CO)OCC2C)cc1. The Kier molecular flexibility index (Phi) is 5.37. The van der Waals surface area contributed by atoms with Crippen LogP contribution in [-0.4, -0.2) is 55.6 Å². The minimum atomic E-state index is -0.126. The summed E-state index contributed by atoms with van der Waals surface area (Å²) < 4.78 is 10.8. The lowest BCUT2D eigenvalue weighted by Gasteiger charge is -2.42. The van der Waals surface area contributed by atoms with E-state index in [2.05, 4.69) is 11.8 Å². The molecule has 0 amide bonds. The summed E-state index contributed by atoms with van der Waals surface area (Å²) in [5.41, 5.74) is 7.14. The molecule has 3 unspecified atom stereocenters. The minimum absolute atomic E-state index is 0.0448. The first-order valence-corrected chi connectivity index (χ1v) is 7.01. The fourth-order valence-electron chi connectivity index (χ4n) is 2.67. The fourth-order valence-corrected chi connectivity index (χ4v) is 2.67. The highest BCUT2D eigenvalue weighted by Crippen LogP contribution is 2.27. The van der Waals surface area contributed by atoms with Crippen LogP contribution in [0.5, 0.6) is 5.75 Å². The zero-order valence-corrected chi connectivity index (χ0v) is 12.2. The Hall–Kier alpha value is -1.14. The fraction of sp³-hybridized carbons (Fsp3) is 0.600. The summed E-state index contributed by atoms with van der Waals surface area (Å²) in [7, 11) is 1.66. The number of benzene rings is 1. The molecule has 3 atom stereocenters. The van der Waals surface area contributed by atoms with Crippen molar-refractivity contribution in [3.05, 3.63) is 29.8 Å². The Morgan fingerprint density at radius 2 is 2.15 bits per heavy atom. The molecule has 3 N–H and O–H groups in total. The van der Waals surface area contributed by atoms with Crippen LogP contribution in [-0.2, 0) is 4.74 Å². The first-order chi connectivity index (χ1) is 9.69. The Bertz CT molecular complexity index is 410. The third-order valence-corrected chi connectivity index (χ3v) is 3.88. The number of aliphatic hydroxyl groups is 1. The smallest absolute Gasteiger partial charge is 0.118 e. The van der Waals surface area contributed by atoms with Crippen molar-refractivity contribution in [2.24, 2.45) is 5.73 Å².